The van der Waals surface area contributed by atoms with E-state index in [1.54, 1.807) is 0 Å². The van der Waals surface area contributed by atoms with Crippen LogP contribution < -0.4 is 0 Å². The minimum Gasteiger partial charge on any atom is -0.457 e. The van der Waals surface area contributed by atoms with Crippen LogP contribution in [0.25, 0.3) is 0 Å². The molecule has 0 aliphatic heterocycles. The van der Waals surface area contributed by atoms with Crippen molar-refractivity contribution in [3.8, 4) is 0 Å². The number of allylic oxidation sites excluding steroid dienone is 10. The number of hydrogen-bond acceptors (Lipinski definition) is 6. The van der Waals surface area contributed by atoms with Gasteiger partial charge in [-0.25, -0.2) is 4.57 Å². The van der Waals surface area contributed by atoms with Crippen molar-refractivity contribution in [2.75, 3.05) is 54.1 Å². The molecule has 1 N–H and O–H groups in total. The van der Waals surface area contributed by atoms with Gasteiger partial charge >= 0.3 is 13.8 Å². The van der Waals surface area contributed by atoms with Crippen LogP contribution in [0, 0.1) is 0 Å². The Morgan fingerprint density at radius 1 is 0.542 bits per heavy atom. The molecule has 0 aromatic rings. The zero-order valence-electron chi connectivity index (χ0n) is 39.0. The molecule has 2 unspecified atom stereocenters. The zero-order valence-corrected chi connectivity index (χ0v) is 39.9. The first-order valence-corrected chi connectivity index (χ1v) is 25.5. The molecule has 0 saturated carbocycles. The number of unbranched alkanes of at least 4 members (excludes halogenated alkanes) is 20. The number of phosphoric acid groups is 1. The summed E-state index contributed by atoms with van der Waals surface area (Å²) in [7, 11) is 1.66. The molecule has 0 radical (unpaired) electrons. The lowest BCUT2D eigenvalue weighted by molar-refractivity contribution is -0.870. The zero-order chi connectivity index (χ0) is 43.4. The number of nitrogens with zero attached hydrogens (tertiary/aromatic N) is 1. The Labute approximate surface area is 364 Å². The maximum absolute atomic E-state index is 12.7. The first-order chi connectivity index (χ1) is 28.6. The first-order valence-electron chi connectivity index (χ1n) is 24.0. The lowest BCUT2D eigenvalue weighted by atomic mass is 10.0. The molecule has 0 rings (SSSR count). The number of hydrogen-bond donors (Lipinski definition) is 1. The number of ether oxygens (including phenoxy) is 2. The minimum absolute atomic E-state index is 0.0853. The molecule has 0 spiro atoms. The molecule has 59 heavy (non-hydrogen) atoms. The maximum atomic E-state index is 12.7. The third kappa shape index (κ3) is 47.1. The summed E-state index contributed by atoms with van der Waals surface area (Å²) in [5, 5.41) is 0. The molecule has 0 aromatic carbocycles. The molecule has 0 fully saturated rings. The number of esters is 1. The van der Waals surface area contributed by atoms with Crippen LogP contribution in [-0.2, 0) is 27.9 Å². The summed E-state index contributed by atoms with van der Waals surface area (Å²) < 4.78 is 35.0. The summed E-state index contributed by atoms with van der Waals surface area (Å²) >= 11 is 0. The maximum Gasteiger partial charge on any atom is 0.472 e. The van der Waals surface area contributed by atoms with E-state index in [0.717, 1.165) is 70.6 Å². The van der Waals surface area contributed by atoms with E-state index >= 15 is 0 Å². The van der Waals surface area contributed by atoms with Crippen molar-refractivity contribution in [3.63, 3.8) is 0 Å². The average molecular weight is 851 g/mol. The Bertz CT molecular complexity index is 1130. The highest BCUT2D eigenvalue weighted by Gasteiger charge is 2.26. The average Bonchev–Trinajstić information content (AvgIpc) is 3.19. The van der Waals surface area contributed by atoms with E-state index in [-0.39, 0.29) is 25.8 Å². The van der Waals surface area contributed by atoms with Crippen LogP contribution in [0.4, 0.5) is 0 Å². The predicted octanol–water partition coefficient (Wildman–Crippen LogP) is 14.5. The number of likely N-dealkylation sites (N-methyl/N-ethyl adjacent to an activating group) is 1. The fourth-order valence-electron chi connectivity index (χ4n) is 6.35. The normalized spacial score (nSPS) is 14.2. The van der Waals surface area contributed by atoms with Crippen LogP contribution in [0.15, 0.2) is 60.8 Å². The Balaban J connectivity index is 4.05. The standard InChI is InChI=1S/C50H92NO7P/c1-6-8-10-12-14-16-18-19-20-21-22-23-24-25-26-27-28-29-30-31-32-34-36-38-40-42-45-55-47-49(48-57-59(53,54)56-46-44-51(3,4)5)58-50(52)43-41-39-37-35-33-17-15-13-11-9-7-2/h8,10,13-16,19-20,22-23,49H,6-7,9,11-12,17-18,21,24-48H2,1-5H3/p+1/b10-8-,15-13-,16-14-,20-19-,23-22-. The van der Waals surface area contributed by atoms with Gasteiger partial charge in [-0.2, -0.15) is 0 Å². The van der Waals surface area contributed by atoms with Crippen LogP contribution in [0.5, 0.6) is 0 Å². The summed E-state index contributed by atoms with van der Waals surface area (Å²) in [6.45, 7) is 5.46. The molecule has 9 heteroatoms. The van der Waals surface area contributed by atoms with Crippen molar-refractivity contribution in [2.24, 2.45) is 0 Å². The van der Waals surface area contributed by atoms with Crippen molar-refractivity contribution in [2.45, 2.75) is 200 Å². The molecule has 0 aromatic heterocycles. The van der Waals surface area contributed by atoms with Crippen molar-refractivity contribution in [1.29, 1.82) is 0 Å². The molecule has 0 saturated heterocycles. The lowest BCUT2D eigenvalue weighted by Crippen LogP contribution is -2.37. The molecule has 0 heterocycles. The molecule has 2 atom stereocenters. The van der Waals surface area contributed by atoms with Crippen LogP contribution in [-0.4, -0.2) is 75.6 Å². The van der Waals surface area contributed by atoms with Crippen molar-refractivity contribution in [1.82, 2.24) is 0 Å². The Kier molecular flexibility index (Phi) is 41.6. The van der Waals surface area contributed by atoms with Crippen LogP contribution in [0.2, 0.25) is 0 Å². The second-order valence-electron chi connectivity index (χ2n) is 17.1. The molecule has 0 bridgehead atoms. The van der Waals surface area contributed by atoms with E-state index in [2.05, 4.69) is 74.6 Å². The van der Waals surface area contributed by atoms with Gasteiger partial charge in [0.2, 0.25) is 0 Å². The summed E-state index contributed by atoms with van der Waals surface area (Å²) in [5.74, 6) is -0.326. The highest BCUT2D eigenvalue weighted by Crippen LogP contribution is 2.43. The van der Waals surface area contributed by atoms with Gasteiger partial charge in [-0.1, -0.05) is 177 Å². The van der Waals surface area contributed by atoms with E-state index < -0.39 is 13.9 Å². The van der Waals surface area contributed by atoms with Gasteiger partial charge in [0.25, 0.3) is 0 Å². The quantitative estimate of drug-likeness (QED) is 0.0215. The molecule has 0 amide bonds. The van der Waals surface area contributed by atoms with E-state index in [0.29, 0.717) is 24.1 Å². The van der Waals surface area contributed by atoms with Gasteiger partial charge < -0.3 is 18.9 Å². The number of phosphoric ester groups is 1. The van der Waals surface area contributed by atoms with Crippen LogP contribution in [0.3, 0.4) is 0 Å². The second kappa shape index (κ2) is 42.9. The first kappa shape index (κ1) is 57.2. The van der Waals surface area contributed by atoms with Gasteiger partial charge in [-0.15, -0.1) is 0 Å². The molecule has 0 aliphatic carbocycles. The topological polar surface area (TPSA) is 91.3 Å². The molecular formula is C50H93NO7P+. The number of carbonyl (C=O) groups excluding carboxylic acids is 1. The second-order valence-corrected chi connectivity index (χ2v) is 18.6. The predicted molar refractivity (Wildman–Crippen MR) is 252 cm³/mol. The third-order valence-corrected chi connectivity index (χ3v) is 11.0. The van der Waals surface area contributed by atoms with Gasteiger partial charge in [0.05, 0.1) is 34.4 Å². The highest BCUT2D eigenvalue weighted by atomic mass is 31.2. The van der Waals surface area contributed by atoms with E-state index in [1.165, 1.54) is 103 Å². The monoisotopic (exact) mass is 851 g/mol. The number of carbonyl (C=O) groups is 1. The SMILES string of the molecule is CC/C=C\C/C=C\C/C=C\C/C=C\CCCCCCCCCCCCCCCOCC(COP(=O)(O)OCC[N+](C)(C)C)OC(=O)CCCCCCC/C=C\CCCC. The van der Waals surface area contributed by atoms with Crippen LogP contribution >= 0.6 is 7.82 Å². The van der Waals surface area contributed by atoms with Crippen LogP contribution in [0.1, 0.15) is 194 Å². The number of rotatable bonds is 44. The smallest absolute Gasteiger partial charge is 0.457 e. The molecule has 8 nitrogen and oxygen atoms in total. The summed E-state index contributed by atoms with van der Waals surface area (Å²) in [6, 6.07) is 0. The van der Waals surface area contributed by atoms with Crippen molar-refractivity contribution >= 4 is 13.8 Å². The van der Waals surface area contributed by atoms with E-state index in [9.17, 15) is 14.3 Å². The fourth-order valence-corrected chi connectivity index (χ4v) is 7.09. The van der Waals surface area contributed by atoms with E-state index in [1.807, 2.05) is 21.1 Å². The lowest BCUT2D eigenvalue weighted by Gasteiger charge is -2.24. The molecular weight excluding hydrogens is 758 g/mol. The minimum atomic E-state index is -4.28. The fraction of sp³-hybridized carbons (Fsp3) is 0.780. The van der Waals surface area contributed by atoms with Gasteiger partial charge in [0.1, 0.15) is 19.3 Å². The summed E-state index contributed by atoms with van der Waals surface area (Å²) in [6.07, 6.45) is 54.1. The van der Waals surface area contributed by atoms with Gasteiger partial charge in [0.15, 0.2) is 0 Å². The number of quaternary nitrogens is 1. The summed E-state index contributed by atoms with van der Waals surface area (Å²) in [4.78, 5) is 22.9. The van der Waals surface area contributed by atoms with Gasteiger partial charge in [-0.3, -0.25) is 13.8 Å². The van der Waals surface area contributed by atoms with Crippen molar-refractivity contribution < 1.29 is 37.3 Å². The third-order valence-electron chi connectivity index (χ3n) is 10.1. The van der Waals surface area contributed by atoms with Gasteiger partial charge in [0, 0.05) is 13.0 Å². The Morgan fingerprint density at radius 2 is 0.983 bits per heavy atom. The highest BCUT2D eigenvalue weighted by molar-refractivity contribution is 7.47. The molecule has 344 valence electrons. The van der Waals surface area contributed by atoms with Crippen molar-refractivity contribution in [3.05, 3.63) is 60.8 Å². The largest absolute Gasteiger partial charge is 0.472 e. The summed E-state index contributed by atoms with van der Waals surface area (Å²) in [5.41, 5.74) is 0. The van der Waals surface area contributed by atoms with Gasteiger partial charge in [-0.05, 0) is 70.6 Å². The molecule has 0 aliphatic rings. The Morgan fingerprint density at radius 3 is 1.49 bits per heavy atom. The van der Waals surface area contributed by atoms with E-state index in [4.69, 9.17) is 18.5 Å². The Hall–Kier alpha value is -1.80.